The summed E-state index contributed by atoms with van der Waals surface area (Å²) in [6.45, 7) is 14.1. The van der Waals surface area contributed by atoms with Crippen molar-refractivity contribution in [3.8, 4) is 16.9 Å². The van der Waals surface area contributed by atoms with Crippen molar-refractivity contribution in [1.82, 2.24) is 0 Å². The zero-order valence-electron chi connectivity index (χ0n) is 25.0. The quantitative estimate of drug-likeness (QED) is 0.314. The number of rotatable bonds is 5. The molecule has 3 aliphatic carbocycles. The second-order valence-corrected chi connectivity index (χ2v) is 12.9. The Bertz CT molecular complexity index is 1660. The van der Waals surface area contributed by atoms with E-state index in [4.69, 9.17) is 0 Å². The average molecular weight is 571 g/mol. The van der Waals surface area contributed by atoms with Crippen molar-refractivity contribution < 1.29 is 34.8 Å². The van der Waals surface area contributed by atoms with Gasteiger partial charge in [0.15, 0.2) is 17.2 Å². The van der Waals surface area contributed by atoms with E-state index in [1.807, 2.05) is 45.9 Å². The molecule has 0 saturated carbocycles. The Morgan fingerprint density at radius 1 is 1.10 bits per heavy atom. The minimum atomic E-state index is -2.63. The van der Waals surface area contributed by atoms with Gasteiger partial charge in [-0.25, -0.2) is 0 Å². The number of phenolic OH excluding ortho intramolecular Hbond substituents is 1. The Balaban J connectivity index is 1.83. The van der Waals surface area contributed by atoms with E-state index < -0.39 is 56.8 Å². The number of phenols is 1. The van der Waals surface area contributed by atoms with E-state index in [2.05, 4.69) is 6.58 Å². The number of carbonyl (C=O) groups is 3. The molecule has 2 aromatic carbocycles. The molecule has 0 aromatic heterocycles. The van der Waals surface area contributed by atoms with Crippen LogP contribution in [-0.2, 0) is 22.4 Å². The van der Waals surface area contributed by atoms with Crippen molar-refractivity contribution in [2.24, 2.45) is 22.7 Å². The molecule has 220 valence electrons. The molecule has 4 atom stereocenters. The molecule has 0 aliphatic heterocycles. The number of benzene rings is 2. The summed E-state index contributed by atoms with van der Waals surface area (Å²) in [5.74, 6) is -5.21. The van der Waals surface area contributed by atoms with Crippen LogP contribution in [0.15, 0.2) is 59.6 Å². The summed E-state index contributed by atoms with van der Waals surface area (Å²) in [5.41, 5.74) is -1.66. The van der Waals surface area contributed by atoms with E-state index in [1.165, 1.54) is 6.07 Å². The predicted octanol–water partition coefficient (Wildman–Crippen LogP) is 6.22. The van der Waals surface area contributed by atoms with Gasteiger partial charge in [0.25, 0.3) is 0 Å². The van der Waals surface area contributed by atoms with Gasteiger partial charge in [0.05, 0.1) is 5.56 Å². The lowest BCUT2D eigenvalue weighted by molar-refractivity contribution is -0.171. The zero-order chi connectivity index (χ0) is 31.1. The monoisotopic (exact) mass is 570 g/mol. The summed E-state index contributed by atoms with van der Waals surface area (Å²) in [4.78, 5) is 40.7. The first-order valence-corrected chi connectivity index (χ1v) is 14.4. The van der Waals surface area contributed by atoms with Gasteiger partial charge in [-0.2, -0.15) is 0 Å². The molecule has 5 rings (SSSR count). The van der Waals surface area contributed by atoms with Gasteiger partial charge in [-0.05, 0) is 72.1 Å². The third kappa shape index (κ3) is 3.65. The maximum atomic E-state index is 14.3. The van der Waals surface area contributed by atoms with Crippen LogP contribution < -0.4 is 0 Å². The van der Waals surface area contributed by atoms with Crippen molar-refractivity contribution in [2.75, 3.05) is 0 Å². The van der Waals surface area contributed by atoms with Crippen LogP contribution in [0.2, 0.25) is 0 Å². The number of aromatic hydroxyl groups is 1. The molecule has 42 heavy (non-hydrogen) atoms. The summed E-state index contributed by atoms with van der Waals surface area (Å²) in [5, 5.41) is 46.3. The van der Waals surface area contributed by atoms with Gasteiger partial charge in [0, 0.05) is 22.3 Å². The van der Waals surface area contributed by atoms with Gasteiger partial charge >= 0.3 is 0 Å². The largest absolute Gasteiger partial charge is 0.511 e. The number of aliphatic hydroxyl groups is 3. The van der Waals surface area contributed by atoms with Gasteiger partial charge in [-0.3, -0.25) is 14.4 Å². The molecule has 4 N–H and O–H groups in total. The van der Waals surface area contributed by atoms with E-state index >= 15 is 0 Å². The molecule has 2 aromatic rings. The molecule has 0 bridgehead atoms. The minimum Gasteiger partial charge on any atom is -0.511 e. The molecular formula is C35H38O7. The SMILES string of the molecule is C=Cc1ccc(CC)c(-c2ccc(O)c3c2C[C@]2(C)C[C@]4(C)C(C(C)C)C(O)=C(C(C)=O)C(=O)[C@]4(O)C(O)=C2C3=O)c1. The van der Waals surface area contributed by atoms with Gasteiger partial charge in [0.1, 0.15) is 22.8 Å². The number of aliphatic hydroxyl groups excluding tert-OH is 2. The fourth-order valence-electron chi connectivity index (χ4n) is 8.26. The van der Waals surface area contributed by atoms with E-state index in [-0.39, 0.29) is 35.6 Å². The van der Waals surface area contributed by atoms with Crippen LogP contribution in [0.25, 0.3) is 17.2 Å². The van der Waals surface area contributed by atoms with E-state index in [1.54, 1.807) is 19.1 Å². The van der Waals surface area contributed by atoms with Gasteiger partial charge < -0.3 is 20.4 Å². The van der Waals surface area contributed by atoms with Crippen molar-refractivity contribution in [3.63, 3.8) is 0 Å². The first kappa shape index (κ1) is 29.5. The highest BCUT2D eigenvalue weighted by Crippen LogP contribution is 2.65. The highest BCUT2D eigenvalue weighted by Gasteiger charge is 2.71. The lowest BCUT2D eigenvalue weighted by atomic mass is 9.44. The van der Waals surface area contributed by atoms with Crippen molar-refractivity contribution >= 4 is 23.4 Å². The number of aryl methyl sites for hydroxylation is 1. The zero-order valence-corrected chi connectivity index (χ0v) is 25.0. The predicted molar refractivity (Wildman–Crippen MR) is 160 cm³/mol. The van der Waals surface area contributed by atoms with Crippen molar-refractivity contribution in [3.05, 3.63) is 81.8 Å². The number of ketones is 3. The van der Waals surface area contributed by atoms with Crippen molar-refractivity contribution in [2.45, 2.75) is 66.4 Å². The number of carbonyl (C=O) groups excluding carboxylic acids is 3. The minimum absolute atomic E-state index is 0.0126. The first-order chi connectivity index (χ1) is 19.6. The summed E-state index contributed by atoms with van der Waals surface area (Å²) in [6, 6.07) is 9.21. The summed E-state index contributed by atoms with van der Waals surface area (Å²) >= 11 is 0. The number of fused-ring (bicyclic) bond motifs is 3. The number of hydrogen-bond acceptors (Lipinski definition) is 7. The molecular weight excluding hydrogens is 532 g/mol. The molecule has 1 unspecified atom stereocenters. The van der Waals surface area contributed by atoms with Gasteiger partial charge in [-0.1, -0.05) is 65.5 Å². The van der Waals surface area contributed by atoms with Crippen molar-refractivity contribution in [1.29, 1.82) is 0 Å². The van der Waals surface area contributed by atoms with Crippen LogP contribution in [0.1, 0.15) is 75.0 Å². The lowest BCUT2D eigenvalue weighted by Gasteiger charge is -2.59. The van der Waals surface area contributed by atoms with Crippen LogP contribution in [0.4, 0.5) is 0 Å². The van der Waals surface area contributed by atoms with Crippen LogP contribution in [0.3, 0.4) is 0 Å². The third-order valence-electron chi connectivity index (χ3n) is 9.93. The number of Topliss-reactive ketones (excluding diaryl/α,β-unsaturated/α-hetero) is 3. The van der Waals surface area contributed by atoms with E-state index in [0.29, 0.717) is 5.56 Å². The molecule has 0 amide bonds. The molecule has 0 radical (unpaired) electrons. The summed E-state index contributed by atoms with van der Waals surface area (Å²) < 4.78 is 0. The molecule has 0 heterocycles. The highest BCUT2D eigenvalue weighted by atomic mass is 16.3. The van der Waals surface area contributed by atoms with Crippen LogP contribution in [-0.4, -0.2) is 43.4 Å². The number of allylic oxidation sites excluding steroid dienone is 2. The average Bonchev–Trinajstić information content (AvgIpc) is 2.90. The van der Waals surface area contributed by atoms with Crippen LogP contribution in [0.5, 0.6) is 5.75 Å². The highest BCUT2D eigenvalue weighted by molar-refractivity contribution is 6.25. The maximum absolute atomic E-state index is 14.3. The first-order valence-electron chi connectivity index (χ1n) is 14.4. The lowest BCUT2D eigenvalue weighted by Crippen LogP contribution is -2.67. The molecule has 0 fully saturated rings. The smallest absolute Gasteiger partial charge is 0.209 e. The van der Waals surface area contributed by atoms with Gasteiger partial charge in [-0.15, -0.1) is 0 Å². The Hall–Kier alpha value is -3.97. The Morgan fingerprint density at radius 2 is 1.76 bits per heavy atom. The molecule has 3 aliphatic rings. The van der Waals surface area contributed by atoms with Crippen LogP contribution in [0, 0.1) is 22.7 Å². The second kappa shape index (κ2) is 9.53. The fraction of sp³-hybridized carbons (Fsp3) is 0.400. The Kier molecular flexibility index (Phi) is 6.70. The van der Waals surface area contributed by atoms with E-state index in [0.717, 1.165) is 35.6 Å². The standard InChI is InChI=1S/C35H38O7/c1-8-19-10-11-20(9-2)22(14-19)21-12-13-24(37)26-23(21)15-33(6)16-34(7)27(17(3)4)29(38)25(18(5)36)31(40)35(34,42)32(41)28(33)30(26)39/h8,10-14,17,27,37-38,41-42H,1,9,15-16H2,2-7H3/t27?,33-,34-,35+/m1/s1. The second-order valence-electron chi connectivity index (χ2n) is 12.9. The Morgan fingerprint density at radius 3 is 2.33 bits per heavy atom. The molecule has 0 spiro atoms. The van der Waals surface area contributed by atoms with Crippen LogP contribution >= 0.6 is 0 Å². The number of hydrogen-bond donors (Lipinski definition) is 4. The third-order valence-corrected chi connectivity index (χ3v) is 9.93. The summed E-state index contributed by atoms with van der Waals surface area (Å²) in [6.07, 6.45) is 2.74. The fourth-order valence-corrected chi connectivity index (χ4v) is 8.26. The normalized spacial score (nSPS) is 28.9. The maximum Gasteiger partial charge on any atom is 0.209 e. The topological polar surface area (TPSA) is 132 Å². The molecule has 7 nitrogen and oxygen atoms in total. The Labute approximate surface area is 245 Å². The van der Waals surface area contributed by atoms with E-state index in [9.17, 15) is 34.8 Å². The van der Waals surface area contributed by atoms with Gasteiger partial charge in [0.2, 0.25) is 5.78 Å². The summed E-state index contributed by atoms with van der Waals surface area (Å²) in [7, 11) is 0. The molecule has 7 heteroatoms. The molecule has 0 saturated heterocycles.